The maximum atomic E-state index is 15.3. The Hall–Kier alpha value is -2.31. The second-order valence-electron chi connectivity index (χ2n) is 10.8. The fraction of sp³-hybridized carbons (Fsp3) is 0.600. The summed E-state index contributed by atoms with van der Waals surface area (Å²) in [4.78, 5) is 0. The van der Waals surface area contributed by atoms with Crippen molar-refractivity contribution in [2.45, 2.75) is 96.3 Å². The lowest BCUT2D eigenvalue weighted by atomic mass is 9.74. The van der Waals surface area contributed by atoms with Gasteiger partial charge in [0.25, 0.3) is 0 Å². The van der Waals surface area contributed by atoms with Gasteiger partial charge in [0.05, 0.1) is 0 Å². The van der Waals surface area contributed by atoms with E-state index in [2.05, 4.69) is 17.7 Å². The van der Waals surface area contributed by atoms with Crippen molar-refractivity contribution in [3.63, 3.8) is 0 Å². The maximum Gasteiger partial charge on any atom is 0.573 e. The monoisotopic (exact) mass is 523 g/mol. The molecule has 37 heavy (non-hydrogen) atoms. The summed E-state index contributed by atoms with van der Waals surface area (Å²) in [6.07, 6.45) is 9.11. The fourth-order valence-electron chi connectivity index (χ4n) is 6.20. The summed E-state index contributed by atoms with van der Waals surface area (Å²) in [5, 5.41) is 0. The Bertz CT molecular complexity index is 988. The lowest BCUT2D eigenvalue weighted by Gasteiger charge is -2.32. The van der Waals surface area contributed by atoms with E-state index in [1.54, 1.807) is 0 Å². The highest BCUT2D eigenvalue weighted by Crippen LogP contribution is 2.43. The molecule has 0 spiro atoms. The van der Waals surface area contributed by atoms with E-state index in [0.717, 1.165) is 55.7 Å². The van der Waals surface area contributed by atoms with Gasteiger partial charge >= 0.3 is 6.36 Å². The summed E-state index contributed by atoms with van der Waals surface area (Å²) in [6.45, 7) is 2.26. The second kappa shape index (κ2) is 12.5. The van der Waals surface area contributed by atoms with E-state index in [9.17, 15) is 17.6 Å². The Morgan fingerprint density at radius 1 is 0.784 bits per heavy atom. The van der Waals surface area contributed by atoms with Gasteiger partial charge in [0.2, 0.25) is 0 Å². The molecule has 0 saturated heterocycles. The minimum Gasteiger partial charge on any atom is -0.454 e. The molecule has 0 aromatic heterocycles. The van der Waals surface area contributed by atoms with Crippen LogP contribution in [0.2, 0.25) is 0 Å². The Kier molecular flexibility index (Phi) is 9.36. The third kappa shape index (κ3) is 7.84. The van der Waals surface area contributed by atoms with Crippen molar-refractivity contribution in [1.82, 2.24) is 0 Å². The van der Waals surface area contributed by atoms with Gasteiger partial charge in [-0.15, -0.1) is 13.2 Å². The maximum absolute atomic E-state index is 15.3. The van der Waals surface area contributed by atoms with Crippen molar-refractivity contribution in [2.24, 2.45) is 17.8 Å². The van der Waals surface area contributed by atoms with Crippen LogP contribution in [0.4, 0.5) is 22.0 Å². The lowest BCUT2D eigenvalue weighted by molar-refractivity contribution is -0.274. The highest BCUT2D eigenvalue weighted by molar-refractivity contribution is 5.39. The number of hydrogen-bond donors (Lipinski definition) is 0. The van der Waals surface area contributed by atoms with Crippen LogP contribution >= 0.6 is 0 Å². The van der Waals surface area contributed by atoms with Crippen LogP contribution in [0.25, 0.3) is 0 Å². The molecule has 2 nitrogen and oxygen atoms in total. The molecule has 1 radical (unpaired) electrons. The van der Waals surface area contributed by atoms with Crippen LogP contribution in [0.3, 0.4) is 0 Å². The van der Waals surface area contributed by atoms with Gasteiger partial charge in [0, 0.05) is 11.6 Å². The van der Waals surface area contributed by atoms with E-state index in [4.69, 9.17) is 4.74 Å². The average molecular weight is 524 g/mol. The molecule has 203 valence electrons. The molecule has 2 fully saturated rings. The highest BCUT2D eigenvalue weighted by Gasteiger charge is 2.31. The average Bonchev–Trinajstić information content (AvgIpc) is 2.87. The number of hydrogen-bond acceptors (Lipinski definition) is 2. The first-order valence-electron chi connectivity index (χ1n) is 13.6. The normalized spacial score (nSPS) is 24.6. The number of benzene rings is 2. The first-order valence-corrected chi connectivity index (χ1v) is 13.6. The van der Waals surface area contributed by atoms with Gasteiger partial charge in [0.15, 0.2) is 11.6 Å². The van der Waals surface area contributed by atoms with Crippen LogP contribution in [-0.2, 0) is 0 Å². The van der Waals surface area contributed by atoms with E-state index in [1.807, 2.05) is 0 Å². The molecule has 0 N–H and O–H groups in total. The predicted octanol–water partition coefficient (Wildman–Crippen LogP) is 10.1. The number of alkyl halides is 3. The van der Waals surface area contributed by atoms with Crippen molar-refractivity contribution in [1.29, 1.82) is 0 Å². The van der Waals surface area contributed by atoms with E-state index in [1.165, 1.54) is 63.5 Å². The molecular formula is C30H36F5O2. The zero-order chi connectivity index (χ0) is 26.4. The summed E-state index contributed by atoms with van der Waals surface area (Å²) in [5.41, 5.74) is 0.0264. The minimum atomic E-state index is -4.80. The standard InChI is InChI=1S/C30H36F5O2/c1-2-3-20-4-6-21(7-5-20)8-9-22-10-12-23(13-11-22)28-26(31)18-19-27(29(28)32)36-24-14-16-25(17-15-24)37-30(33,34)35/h14-18,20-23H,2-13H2,1H3/t20-,21-,22?,23?. The summed E-state index contributed by atoms with van der Waals surface area (Å²) in [7, 11) is 0. The van der Waals surface area contributed by atoms with Crippen LogP contribution in [0, 0.1) is 35.5 Å². The Balaban J connectivity index is 1.30. The van der Waals surface area contributed by atoms with Crippen molar-refractivity contribution in [3.8, 4) is 17.2 Å². The molecule has 2 aliphatic carbocycles. The van der Waals surface area contributed by atoms with Crippen molar-refractivity contribution >= 4 is 0 Å². The third-order valence-electron chi connectivity index (χ3n) is 8.20. The molecule has 0 bridgehead atoms. The predicted molar refractivity (Wildman–Crippen MR) is 133 cm³/mol. The summed E-state index contributed by atoms with van der Waals surface area (Å²) in [5.74, 6) is 0.148. The summed E-state index contributed by atoms with van der Waals surface area (Å²) >= 11 is 0. The number of halogens is 5. The summed E-state index contributed by atoms with van der Waals surface area (Å²) in [6, 6.07) is 8.17. The highest BCUT2D eigenvalue weighted by atomic mass is 19.4. The Morgan fingerprint density at radius 2 is 1.30 bits per heavy atom. The van der Waals surface area contributed by atoms with Crippen LogP contribution in [0.1, 0.15) is 95.5 Å². The molecular weight excluding hydrogens is 487 g/mol. The smallest absolute Gasteiger partial charge is 0.454 e. The first kappa shape index (κ1) is 27.7. The largest absolute Gasteiger partial charge is 0.573 e. The van der Waals surface area contributed by atoms with Crippen LogP contribution in [0.5, 0.6) is 17.2 Å². The van der Waals surface area contributed by atoms with Gasteiger partial charge in [-0.2, -0.15) is 0 Å². The molecule has 0 aliphatic heterocycles. The zero-order valence-corrected chi connectivity index (χ0v) is 21.4. The molecule has 2 aromatic carbocycles. The van der Waals surface area contributed by atoms with Crippen LogP contribution in [0.15, 0.2) is 30.3 Å². The molecule has 0 atom stereocenters. The number of rotatable bonds is 9. The molecule has 7 heteroatoms. The quantitative estimate of drug-likeness (QED) is 0.305. The first-order chi connectivity index (χ1) is 17.7. The van der Waals surface area contributed by atoms with Gasteiger partial charge < -0.3 is 9.47 Å². The van der Waals surface area contributed by atoms with Crippen molar-refractivity contribution in [2.75, 3.05) is 0 Å². The van der Waals surface area contributed by atoms with Crippen molar-refractivity contribution in [3.05, 3.63) is 53.6 Å². The van der Waals surface area contributed by atoms with Gasteiger partial charge in [-0.05, 0) is 79.7 Å². The molecule has 0 unspecified atom stereocenters. The van der Waals surface area contributed by atoms with E-state index in [0.29, 0.717) is 5.92 Å². The zero-order valence-electron chi connectivity index (χ0n) is 21.4. The Labute approximate surface area is 216 Å². The Morgan fingerprint density at radius 3 is 1.84 bits per heavy atom. The molecule has 2 aliphatic rings. The van der Waals surface area contributed by atoms with Crippen LogP contribution in [-0.4, -0.2) is 6.36 Å². The number of ether oxygens (including phenoxy) is 2. The second-order valence-corrected chi connectivity index (χ2v) is 10.8. The topological polar surface area (TPSA) is 18.5 Å². The molecule has 0 heterocycles. The SMILES string of the molecule is CCC[C@H]1CC[C@H](CCC2CCC(c3c(F)c[c]c(Oc4ccc(OC(F)(F)F)cc4)c3F)CC2)CC1. The molecule has 2 aromatic rings. The van der Waals surface area contributed by atoms with Gasteiger partial charge in [-0.1, -0.05) is 58.3 Å². The van der Waals surface area contributed by atoms with Crippen LogP contribution < -0.4 is 9.47 Å². The van der Waals surface area contributed by atoms with E-state index >= 15 is 4.39 Å². The summed E-state index contributed by atoms with van der Waals surface area (Å²) < 4.78 is 76.4. The van der Waals surface area contributed by atoms with Gasteiger partial charge in [0.1, 0.15) is 17.3 Å². The minimum absolute atomic E-state index is 0.0264. The van der Waals surface area contributed by atoms with Crippen molar-refractivity contribution < 1.29 is 31.4 Å². The molecule has 2 saturated carbocycles. The van der Waals surface area contributed by atoms with E-state index < -0.39 is 23.7 Å². The third-order valence-corrected chi connectivity index (χ3v) is 8.20. The van der Waals surface area contributed by atoms with E-state index in [-0.39, 0.29) is 23.0 Å². The lowest BCUT2D eigenvalue weighted by Crippen LogP contribution is -2.18. The molecule has 0 amide bonds. The fourth-order valence-corrected chi connectivity index (χ4v) is 6.20. The molecule has 4 rings (SSSR count). The van der Waals surface area contributed by atoms with Gasteiger partial charge in [-0.25, -0.2) is 8.78 Å². The van der Waals surface area contributed by atoms with Gasteiger partial charge in [-0.3, -0.25) is 0 Å².